The van der Waals surface area contributed by atoms with Gasteiger partial charge >= 0.3 is 0 Å². The SMILES string of the molecule is c1ccc(-c2ccc(N(c3ccc(-c4ccc5c(c4)c4ccccc4n5-c4ccccc4)cc3)c3ccc4c(c3)sc3cc(-c5ccc6c(c5)C(c5ccccc5)(c5ccccc5)c5ccccc5-6)ccc34)cc2)cc1. The van der Waals surface area contributed by atoms with Gasteiger partial charge in [-0.05, 0) is 146 Å². The molecule has 0 saturated heterocycles. The summed E-state index contributed by atoms with van der Waals surface area (Å²) in [4.78, 5) is 2.40. The number of nitrogens with zero attached hydrogens (tertiary/aromatic N) is 2. The van der Waals surface area contributed by atoms with Gasteiger partial charge in [0.1, 0.15) is 0 Å². The Morgan fingerprint density at radius 1 is 0.289 bits per heavy atom. The minimum Gasteiger partial charge on any atom is -0.310 e. The summed E-state index contributed by atoms with van der Waals surface area (Å²) in [5.74, 6) is 0. The van der Waals surface area contributed by atoms with Gasteiger partial charge in [-0.25, -0.2) is 0 Å². The summed E-state index contributed by atoms with van der Waals surface area (Å²) < 4.78 is 4.91. The predicted octanol–water partition coefficient (Wildman–Crippen LogP) is 20.0. The molecule has 0 fully saturated rings. The lowest BCUT2D eigenvalue weighted by atomic mass is 9.67. The molecule has 0 N–H and O–H groups in total. The van der Waals surface area contributed by atoms with Crippen molar-refractivity contribution in [1.82, 2.24) is 4.57 Å². The molecule has 0 aliphatic heterocycles. The lowest BCUT2D eigenvalue weighted by Gasteiger charge is -2.34. The van der Waals surface area contributed by atoms with Gasteiger partial charge in [-0.15, -0.1) is 11.3 Å². The molecule has 76 heavy (non-hydrogen) atoms. The largest absolute Gasteiger partial charge is 0.310 e. The molecule has 1 aliphatic carbocycles. The fraction of sp³-hybridized carbons (Fsp3) is 0.0137. The van der Waals surface area contributed by atoms with Gasteiger partial charge in [0.15, 0.2) is 0 Å². The standard InChI is InChI=1S/C73H48N2S/c1-5-17-49(18-6-1)50-29-36-58(37-30-50)74(59-38-31-51(32-39-59)52-35-44-70-66(45-52)63-26-14-16-28-69(63)75(70)57-23-11-4-12-24-57)60-40-43-65-64-42-34-54(47-71(64)76-72(65)48-60)53-33-41-62-61-25-13-15-27-67(61)73(68(62)46-53,55-19-7-2-8-20-55)56-21-9-3-10-22-56/h1-48H. The van der Waals surface area contributed by atoms with Crippen molar-refractivity contribution in [3.8, 4) is 50.2 Å². The lowest BCUT2D eigenvalue weighted by Crippen LogP contribution is -2.28. The van der Waals surface area contributed by atoms with E-state index in [-0.39, 0.29) is 0 Å². The molecule has 0 radical (unpaired) electrons. The van der Waals surface area contributed by atoms with Crippen molar-refractivity contribution in [2.24, 2.45) is 0 Å². The molecule has 12 aromatic carbocycles. The average molecular weight is 985 g/mol. The third-order valence-electron chi connectivity index (χ3n) is 15.9. The Morgan fingerprint density at radius 2 is 0.763 bits per heavy atom. The molecule has 14 aromatic rings. The van der Waals surface area contributed by atoms with Crippen molar-refractivity contribution in [2.75, 3.05) is 4.90 Å². The van der Waals surface area contributed by atoms with E-state index in [9.17, 15) is 0 Å². The van der Waals surface area contributed by atoms with E-state index in [1.807, 2.05) is 11.3 Å². The Bertz CT molecular complexity index is 4440. The van der Waals surface area contributed by atoms with Crippen molar-refractivity contribution < 1.29 is 0 Å². The molecule has 0 spiro atoms. The third-order valence-corrected chi connectivity index (χ3v) is 17.0. The van der Waals surface area contributed by atoms with Crippen LogP contribution in [0.15, 0.2) is 291 Å². The highest BCUT2D eigenvalue weighted by Gasteiger charge is 2.46. The van der Waals surface area contributed by atoms with Crippen LogP contribution in [0.1, 0.15) is 22.3 Å². The molecular formula is C73H48N2S. The van der Waals surface area contributed by atoms with E-state index in [0.717, 1.165) is 22.7 Å². The summed E-state index contributed by atoms with van der Waals surface area (Å²) in [5.41, 5.74) is 21.4. The number of aromatic nitrogens is 1. The first-order valence-electron chi connectivity index (χ1n) is 26.1. The summed E-state index contributed by atoms with van der Waals surface area (Å²) in [5, 5.41) is 5.04. The van der Waals surface area contributed by atoms with Crippen LogP contribution in [0.4, 0.5) is 17.1 Å². The number of fused-ring (bicyclic) bond motifs is 9. The second-order valence-electron chi connectivity index (χ2n) is 20.0. The first-order valence-corrected chi connectivity index (χ1v) is 27.0. The second kappa shape index (κ2) is 17.8. The Kier molecular flexibility index (Phi) is 10.3. The van der Waals surface area contributed by atoms with Crippen molar-refractivity contribution in [2.45, 2.75) is 5.41 Å². The molecular weight excluding hydrogens is 937 g/mol. The maximum atomic E-state index is 2.47. The molecule has 0 amide bonds. The van der Waals surface area contributed by atoms with Crippen LogP contribution in [0.2, 0.25) is 0 Å². The zero-order chi connectivity index (χ0) is 50.2. The predicted molar refractivity (Wildman–Crippen MR) is 322 cm³/mol. The Morgan fingerprint density at radius 3 is 1.47 bits per heavy atom. The number of thiophene rings is 1. The van der Waals surface area contributed by atoms with Crippen molar-refractivity contribution in [1.29, 1.82) is 0 Å². The number of rotatable bonds is 9. The van der Waals surface area contributed by atoms with Gasteiger partial charge in [-0.3, -0.25) is 0 Å². The zero-order valence-corrected chi connectivity index (χ0v) is 42.3. The highest BCUT2D eigenvalue weighted by Crippen LogP contribution is 2.57. The number of anilines is 3. The normalized spacial score (nSPS) is 12.6. The van der Waals surface area contributed by atoms with Crippen LogP contribution in [0, 0.1) is 0 Å². The molecule has 356 valence electrons. The first kappa shape index (κ1) is 44.0. The molecule has 0 unspecified atom stereocenters. The minimum atomic E-state index is -0.448. The quantitative estimate of drug-likeness (QED) is 0.140. The van der Waals surface area contributed by atoms with Gasteiger partial charge in [0.05, 0.1) is 16.4 Å². The van der Waals surface area contributed by atoms with Crippen LogP contribution in [0.3, 0.4) is 0 Å². The molecule has 1 aliphatic rings. The van der Waals surface area contributed by atoms with Crippen LogP contribution < -0.4 is 4.90 Å². The number of para-hydroxylation sites is 2. The molecule has 2 heterocycles. The number of benzene rings is 12. The fourth-order valence-corrected chi connectivity index (χ4v) is 13.6. The van der Waals surface area contributed by atoms with Crippen molar-refractivity contribution >= 4 is 70.4 Å². The maximum absolute atomic E-state index is 2.47. The first-order chi connectivity index (χ1) is 37.7. The molecule has 0 bridgehead atoms. The van der Waals surface area contributed by atoms with Crippen LogP contribution in [-0.4, -0.2) is 4.57 Å². The molecule has 15 rings (SSSR count). The number of hydrogen-bond acceptors (Lipinski definition) is 2. The second-order valence-corrected chi connectivity index (χ2v) is 21.1. The monoisotopic (exact) mass is 984 g/mol. The van der Waals surface area contributed by atoms with E-state index in [2.05, 4.69) is 301 Å². The molecule has 0 saturated carbocycles. The van der Waals surface area contributed by atoms with Gasteiger partial charge < -0.3 is 9.47 Å². The van der Waals surface area contributed by atoms with Gasteiger partial charge in [0, 0.05) is 53.7 Å². The molecule has 2 nitrogen and oxygen atoms in total. The van der Waals surface area contributed by atoms with E-state index in [1.54, 1.807) is 0 Å². The summed E-state index contributed by atoms with van der Waals surface area (Å²) in [6.07, 6.45) is 0. The zero-order valence-electron chi connectivity index (χ0n) is 41.5. The topological polar surface area (TPSA) is 8.17 Å². The van der Waals surface area contributed by atoms with Gasteiger partial charge in [-0.2, -0.15) is 0 Å². The summed E-state index contributed by atoms with van der Waals surface area (Å²) >= 11 is 1.87. The van der Waals surface area contributed by atoms with Gasteiger partial charge in [0.2, 0.25) is 0 Å². The van der Waals surface area contributed by atoms with E-state index in [1.165, 1.54) is 109 Å². The number of hydrogen-bond donors (Lipinski definition) is 0. The maximum Gasteiger partial charge on any atom is 0.0713 e. The van der Waals surface area contributed by atoms with E-state index in [0.29, 0.717) is 0 Å². The van der Waals surface area contributed by atoms with Crippen LogP contribution in [0.5, 0.6) is 0 Å². The fourth-order valence-electron chi connectivity index (χ4n) is 12.4. The molecule has 2 aromatic heterocycles. The van der Waals surface area contributed by atoms with Gasteiger partial charge in [-0.1, -0.05) is 212 Å². The third kappa shape index (κ3) is 7.01. The van der Waals surface area contributed by atoms with Crippen LogP contribution >= 0.6 is 11.3 Å². The van der Waals surface area contributed by atoms with Crippen molar-refractivity contribution in [3.05, 3.63) is 313 Å². The summed E-state index contributed by atoms with van der Waals surface area (Å²) in [6.45, 7) is 0. The minimum absolute atomic E-state index is 0.448. The lowest BCUT2D eigenvalue weighted by molar-refractivity contribution is 0.769. The van der Waals surface area contributed by atoms with Crippen molar-refractivity contribution in [3.63, 3.8) is 0 Å². The molecule has 3 heteroatoms. The molecule has 0 atom stereocenters. The van der Waals surface area contributed by atoms with E-state index >= 15 is 0 Å². The summed E-state index contributed by atoms with van der Waals surface area (Å²) in [6, 6.07) is 107. The Balaban J connectivity index is 0.817. The Labute approximate surface area is 446 Å². The van der Waals surface area contributed by atoms with E-state index < -0.39 is 5.41 Å². The van der Waals surface area contributed by atoms with Crippen LogP contribution in [0.25, 0.3) is 92.2 Å². The average Bonchev–Trinajstić information content (AvgIpc) is 4.18. The highest BCUT2D eigenvalue weighted by atomic mass is 32.1. The van der Waals surface area contributed by atoms with Gasteiger partial charge in [0.25, 0.3) is 0 Å². The van der Waals surface area contributed by atoms with E-state index in [4.69, 9.17) is 0 Å². The summed E-state index contributed by atoms with van der Waals surface area (Å²) in [7, 11) is 0. The smallest absolute Gasteiger partial charge is 0.0713 e. The Hall–Kier alpha value is -9.54. The highest BCUT2D eigenvalue weighted by molar-refractivity contribution is 7.25. The van der Waals surface area contributed by atoms with Crippen LogP contribution in [-0.2, 0) is 5.41 Å².